The number of non-ortho nitro benzene ring substituents is 1. The topological polar surface area (TPSA) is 67.2 Å². The molecule has 1 aliphatic rings. The largest absolute Gasteiger partial charge is 0.381 e. The fraction of sp³-hybridized carbons (Fsp3) is 0.500. The van der Waals surface area contributed by atoms with Crippen molar-refractivity contribution >= 4 is 23.0 Å². The molecule has 0 amide bonds. The Balaban J connectivity index is 2.07. The van der Waals surface area contributed by atoms with Crippen molar-refractivity contribution in [2.75, 3.05) is 11.9 Å². The highest BCUT2D eigenvalue weighted by molar-refractivity contribution is 6.33. The van der Waals surface area contributed by atoms with Crippen LogP contribution in [0.1, 0.15) is 19.8 Å². The fourth-order valence-corrected chi connectivity index (χ4v) is 2.45. The Labute approximate surface area is 111 Å². The lowest BCUT2D eigenvalue weighted by Crippen LogP contribution is -2.41. The molecule has 0 aromatic heterocycles. The summed E-state index contributed by atoms with van der Waals surface area (Å²) in [5.74, 6) is 0. The number of nitro groups is 1. The quantitative estimate of drug-likeness (QED) is 0.654. The smallest absolute Gasteiger partial charge is 0.271 e. The average molecular weight is 270 g/mol. The van der Waals surface area contributed by atoms with Gasteiger partial charge in [-0.05, 0) is 32.4 Å². The second kappa shape index (κ2) is 5.54. The van der Waals surface area contributed by atoms with Crippen LogP contribution in [-0.4, -0.2) is 23.6 Å². The number of hydrogen-bond acceptors (Lipinski definition) is 4. The number of rotatable bonds is 3. The molecule has 0 aliphatic carbocycles. The van der Waals surface area contributed by atoms with Crippen molar-refractivity contribution in [1.29, 1.82) is 0 Å². The maximum Gasteiger partial charge on any atom is 0.271 e. The molecule has 6 heteroatoms. The summed E-state index contributed by atoms with van der Waals surface area (Å²) >= 11 is 6.05. The van der Waals surface area contributed by atoms with Crippen LogP contribution in [0.25, 0.3) is 0 Å². The van der Waals surface area contributed by atoms with Crippen LogP contribution in [0.5, 0.6) is 0 Å². The van der Waals surface area contributed by atoms with Crippen LogP contribution in [0.2, 0.25) is 5.02 Å². The molecular formula is C12H16ClN3O2. The molecule has 98 valence electrons. The summed E-state index contributed by atoms with van der Waals surface area (Å²) in [6, 6.07) is 5.37. The van der Waals surface area contributed by atoms with Crippen LogP contribution in [-0.2, 0) is 0 Å². The second-order valence-corrected chi connectivity index (χ2v) is 5.05. The standard InChI is InChI=1S/C12H16ClN3O2/c1-8-6-9(4-5-14-8)15-12-3-2-10(16(17)18)7-11(12)13/h2-3,7-9,14-15H,4-6H2,1H3. The number of nitro benzene ring substituents is 1. The lowest BCUT2D eigenvalue weighted by atomic mass is 10.0. The molecule has 2 rings (SSSR count). The van der Waals surface area contributed by atoms with Crippen LogP contribution in [0, 0.1) is 10.1 Å². The lowest BCUT2D eigenvalue weighted by Gasteiger charge is -2.29. The Morgan fingerprint density at radius 2 is 2.33 bits per heavy atom. The summed E-state index contributed by atoms with van der Waals surface area (Å²) < 4.78 is 0. The Morgan fingerprint density at radius 3 is 2.94 bits per heavy atom. The first kappa shape index (κ1) is 13.1. The van der Waals surface area contributed by atoms with Gasteiger partial charge in [-0.25, -0.2) is 0 Å². The molecule has 18 heavy (non-hydrogen) atoms. The number of piperidine rings is 1. The molecule has 0 saturated carbocycles. The summed E-state index contributed by atoms with van der Waals surface area (Å²) in [6.45, 7) is 3.12. The van der Waals surface area contributed by atoms with Gasteiger partial charge in [-0.1, -0.05) is 11.6 Å². The van der Waals surface area contributed by atoms with Gasteiger partial charge in [-0.2, -0.15) is 0 Å². The SMILES string of the molecule is CC1CC(Nc2ccc([N+](=O)[O-])cc2Cl)CCN1. The predicted octanol–water partition coefficient (Wildman–Crippen LogP) is 2.80. The maximum atomic E-state index is 10.6. The van der Waals surface area contributed by atoms with Crippen LogP contribution in [0.4, 0.5) is 11.4 Å². The zero-order valence-electron chi connectivity index (χ0n) is 10.1. The monoisotopic (exact) mass is 269 g/mol. The molecule has 2 N–H and O–H groups in total. The van der Waals surface area contributed by atoms with E-state index in [1.807, 2.05) is 0 Å². The minimum absolute atomic E-state index is 0.0178. The van der Waals surface area contributed by atoms with Gasteiger partial charge in [0.15, 0.2) is 0 Å². The highest BCUT2D eigenvalue weighted by Gasteiger charge is 2.19. The number of halogens is 1. The first-order valence-corrected chi connectivity index (χ1v) is 6.38. The van der Waals surface area contributed by atoms with Gasteiger partial charge < -0.3 is 10.6 Å². The molecule has 5 nitrogen and oxygen atoms in total. The van der Waals surface area contributed by atoms with Gasteiger partial charge in [0.25, 0.3) is 5.69 Å². The molecule has 0 spiro atoms. The summed E-state index contributed by atoms with van der Waals surface area (Å²) in [7, 11) is 0. The van der Waals surface area contributed by atoms with Gasteiger partial charge in [-0.3, -0.25) is 10.1 Å². The van der Waals surface area contributed by atoms with Gasteiger partial charge >= 0.3 is 0 Å². The third kappa shape index (κ3) is 3.11. The van der Waals surface area contributed by atoms with E-state index in [4.69, 9.17) is 11.6 Å². The van der Waals surface area contributed by atoms with Crippen molar-refractivity contribution in [2.24, 2.45) is 0 Å². The first-order valence-electron chi connectivity index (χ1n) is 6.00. The van der Waals surface area contributed by atoms with Crippen LogP contribution in [0.3, 0.4) is 0 Å². The van der Waals surface area contributed by atoms with Crippen molar-refractivity contribution < 1.29 is 4.92 Å². The van der Waals surface area contributed by atoms with E-state index >= 15 is 0 Å². The third-order valence-corrected chi connectivity index (χ3v) is 3.46. The Morgan fingerprint density at radius 1 is 1.56 bits per heavy atom. The van der Waals surface area contributed by atoms with Crippen molar-refractivity contribution in [3.63, 3.8) is 0 Å². The average Bonchev–Trinajstić information content (AvgIpc) is 2.31. The Hall–Kier alpha value is -1.33. The Bertz CT molecular complexity index is 453. The molecule has 0 radical (unpaired) electrons. The number of nitrogens with one attached hydrogen (secondary N) is 2. The van der Waals surface area contributed by atoms with E-state index in [9.17, 15) is 10.1 Å². The normalized spacial score (nSPS) is 23.7. The van der Waals surface area contributed by atoms with E-state index < -0.39 is 4.92 Å². The lowest BCUT2D eigenvalue weighted by molar-refractivity contribution is -0.384. The molecule has 1 aliphatic heterocycles. The highest BCUT2D eigenvalue weighted by Crippen LogP contribution is 2.28. The van der Waals surface area contributed by atoms with Gasteiger partial charge in [0, 0.05) is 24.2 Å². The molecule has 2 unspecified atom stereocenters. The molecule has 0 bridgehead atoms. The zero-order valence-corrected chi connectivity index (χ0v) is 10.9. The van der Waals surface area contributed by atoms with Gasteiger partial charge in [0.2, 0.25) is 0 Å². The molecule has 1 saturated heterocycles. The number of hydrogen-bond donors (Lipinski definition) is 2. The van der Waals surface area contributed by atoms with Gasteiger partial charge in [0.05, 0.1) is 15.6 Å². The highest BCUT2D eigenvalue weighted by atomic mass is 35.5. The zero-order chi connectivity index (χ0) is 13.1. The van der Waals surface area contributed by atoms with Crippen LogP contribution in [0.15, 0.2) is 18.2 Å². The molecule has 1 aromatic carbocycles. The van der Waals surface area contributed by atoms with Crippen LogP contribution < -0.4 is 10.6 Å². The minimum Gasteiger partial charge on any atom is -0.381 e. The molecule has 1 fully saturated rings. The number of benzene rings is 1. The van der Waals surface area contributed by atoms with E-state index in [2.05, 4.69) is 17.6 Å². The van der Waals surface area contributed by atoms with Gasteiger partial charge in [0.1, 0.15) is 0 Å². The van der Waals surface area contributed by atoms with E-state index in [0.29, 0.717) is 17.1 Å². The van der Waals surface area contributed by atoms with Crippen molar-refractivity contribution in [1.82, 2.24) is 5.32 Å². The van der Waals surface area contributed by atoms with E-state index in [1.54, 1.807) is 6.07 Å². The number of anilines is 1. The van der Waals surface area contributed by atoms with Crippen molar-refractivity contribution in [3.05, 3.63) is 33.3 Å². The number of nitrogens with zero attached hydrogens (tertiary/aromatic N) is 1. The summed E-state index contributed by atoms with van der Waals surface area (Å²) in [6.07, 6.45) is 2.05. The fourth-order valence-electron chi connectivity index (χ4n) is 2.22. The summed E-state index contributed by atoms with van der Waals surface area (Å²) in [4.78, 5) is 10.2. The van der Waals surface area contributed by atoms with Gasteiger partial charge in [-0.15, -0.1) is 0 Å². The third-order valence-electron chi connectivity index (χ3n) is 3.15. The van der Waals surface area contributed by atoms with E-state index in [0.717, 1.165) is 25.1 Å². The molecule has 1 heterocycles. The first-order chi connectivity index (χ1) is 8.56. The van der Waals surface area contributed by atoms with Crippen molar-refractivity contribution in [3.8, 4) is 0 Å². The van der Waals surface area contributed by atoms with Crippen LogP contribution >= 0.6 is 11.6 Å². The van der Waals surface area contributed by atoms with Crippen molar-refractivity contribution in [2.45, 2.75) is 31.8 Å². The summed E-state index contributed by atoms with van der Waals surface area (Å²) in [5.41, 5.74) is 0.783. The molecular weight excluding hydrogens is 254 g/mol. The second-order valence-electron chi connectivity index (χ2n) is 4.64. The van der Waals surface area contributed by atoms with E-state index in [-0.39, 0.29) is 5.69 Å². The summed E-state index contributed by atoms with van der Waals surface area (Å²) in [5, 5.41) is 17.7. The van der Waals surface area contributed by atoms with E-state index in [1.165, 1.54) is 12.1 Å². The predicted molar refractivity (Wildman–Crippen MR) is 72.2 cm³/mol. The molecule has 2 atom stereocenters. The molecule has 1 aromatic rings. The Kier molecular flexibility index (Phi) is 4.04. The minimum atomic E-state index is -0.442. The maximum absolute atomic E-state index is 10.6.